The van der Waals surface area contributed by atoms with Crippen LogP contribution in [0.3, 0.4) is 0 Å². The van der Waals surface area contributed by atoms with Crippen LogP contribution >= 0.6 is 22.6 Å². The SMILES string of the molecule is CCc1ccc(-c2nc(N)c(I)c(CC)n2)cc1. The maximum absolute atomic E-state index is 5.93. The van der Waals surface area contributed by atoms with Crippen molar-refractivity contribution in [3.63, 3.8) is 0 Å². The van der Waals surface area contributed by atoms with Gasteiger partial charge in [-0.15, -0.1) is 0 Å². The fourth-order valence-corrected chi connectivity index (χ4v) is 2.39. The molecule has 0 aliphatic rings. The summed E-state index contributed by atoms with van der Waals surface area (Å²) in [4.78, 5) is 8.94. The Hall–Kier alpha value is -1.17. The number of benzene rings is 1. The van der Waals surface area contributed by atoms with Gasteiger partial charge in [0.15, 0.2) is 5.82 Å². The Balaban J connectivity index is 2.46. The number of aryl methyl sites for hydroxylation is 2. The number of nitrogens with zero attached hydrogens (tertiary/aromatic N) is 2. The van der Waals surface area contributed by atoms with E-state index in [2.05, 4.69) is 70.7 Å². The minimum atomic E-state index is 0.567. The molecule has 94 valence electrons. The van der Waals surface area contributed by atoms with Crippen molar-refractivity contribution in [3.05, 3.63) is 39.1 Å². The Labute approximate surface area is 121 Å². The number of anilines is 1. The molecule has 0 saturated heterocycles. The molecule has 1 heterocycles. The average molecular weight is 353 g/mol. The molecule has 4 heteroatoms. The summed E-state index contributed by atoms with van der Waals surface area (Å²) in [6, 6.07) is 8.33. The number of nitrogens with two attached hydrogens (primary N) is 1. The molecule has 1 aromatic carbocycles. The second-order valence-corrected chi connectivity index (χ2v) is 5.18. The molecule has 1 aromatic heterocycles. The summed E-state index contributed by atoms with van der Waals surface area (Å²) >= 11 is 2.20. The van der Waals surface area contributed by atoms with Crippen molar-refractivity contribution in [2.24, 2.45) is 0 Å². The van der Waals surface area contributed by atoms with Crippen LogP contribution in [0, 0.1) is 3.57 Å². The topological polar surface area (TPSA) is 51.8 Å². The van der Waals surface area contributed by atoms with Crippen molar-refractivity contribution < 1.29 is 0 Å². The molecule has 0 spiro atoms. The minimum absolute atomic E-state index is 0.567. The highest BCUT2D eigenvalue weighted by Crippen LogP contribution is 2.22. The molecule has 0 aliphatic heterocycles. The zero-order chi connectivity index (χ0) is 13.1. The summed E-state index contributed by atoms with van der Waals surface area (Å²) in [5.74, 6) is 1.28. The maximum atomic E-state index is 5.93. The molecule has 2 aromatic rings. The van der Waals surface area contributed by atoms with Gasteiger partial charge in [-0.25, -0.2) is 9.97 Å². The Morgan fingerprint density at radius 3 is 2.28 bits per heavy atom. The van der Waals surface area contributed by atoms with Gasteiger partial charge < -0.3 is 5.73 Å². The van der Waals surface area contributed by atoms with E-state index < -0.39 is 0 Å². The molecule has 2 rings (SSSR count). The first-order chi connectivity index (χ1) is 8.65. The Morgan fingerprint density at radius 1 is 1.06 bits per heavy atom. The molecular formula is C14H16IN3. The zero-order valence-electron chi connectivity index (χ0n) is 10.6. The minimum Gasteiger partial charge on any atom is -0.383 e. The van der Waals surface area contributed by atoms with Gasteiger partial charge in [-0.3, -0.25) is 0 Å². The Morgan fingerprint density at radius 2 is 1.72 bits per heavy atom. The predicted molar refractivity (Wildman–Crippen MR) is 83.4 cm³/mol. The molecule has 0 fully saturated rings. The van der Waals surface area contributed by atoms with Gasteiger partial charge in [-0.1, -0.05) is 38.1 Å². The molecular weight excluding hydrogens is 337 g/mol. The predicted octanol–water partition coefficient (Wildman–Crippen LogP) is 3.46. The lowest BCUT2D eigenvalue weighted by atomic mass is 10.1. The third-order valence-corrected chi connectivity index (χ3v) is 4.08. The third kappa shape index (κ3) is 2.63. The van der Waals surface area contributed by atoms with Crippen molar-refractivity contribution >= 4 is 28.4 Å². The Kier molecular flexibility index (Phi) is 4.16. The van der Waals surface area contributed by atoms with Crippen LogP contribution in [0.2, 0.25) is 0 Å². The van der Waals surface area contributed by atoms with Crippen molar-refractivity contribution in [2.75, 3.05) is 5.73 Å². The summed E-state index contributed by atoms with van der Waals surface area (Å²) in [5, 5.41) is 0. The normalized spacial score (nSPS) is 10.6. The van der Waals surface area contributed by atoms with Crippen LogP contribution in [0.5, 0.6) is 0 Å². The van der Waals surface area contributed by atoms with Crippen LogP contribution in [0.25, 0.3) is 11.4 Å². The van der Waals surface area contributed by atoms with E-state index in [0.29, 0.717) is 11.6 Å². The fourth-order valence-electron chi connectivity index (χ4n) is 1.77. The zero-order valence-corrected chi connectivity index (χ0v) is 12.7. The monoisotopic (exact) mass is 353 g/mol. The fraction of sp³-hybridized carbons (Fsp3) is 0.286. The number of rotatable bonds is 3. The van der Waals surface area contributed by atoms with E-state index in [1.807, 2.05) is 0 Å². The van der Waals surface area contributed by atoms with Crippen LogP contribution in [0.1, 0.15) is 25.1 Å². The Bertz CT molecular complexity index is 550. The van der Waals surface area contributed by atoms with Crippen LogP contribution in [-0.2, 0) is 12.8 Å². The molecule has 0 saturated carbocycles. The summed E-state index contributed by atoms with van der Waals surface area (Å²) in [7, 11) is 0. The van der Waals surface area contributed by atoms with E-state index in [0.717, 1.165) is 27.7 Å². The van der Waals surface area contributed by atoms with Gasteiger partial charge in [0.2, 0.25) is 0 Å². The van der Waals surface area contributed by atoms with Crippen LogP contribution in [0.15, 0.2) is 24.3 Å². The van der Waals surface area contributed by atoms with Gasteiger partial charge in [0.25, 0.3) is 0 Å². The molecule has 0 bridgehead atoms. The molecule has 18 heavy (non-hydrogen) atoms. The van der Waals surface area contributed by atoms with Gasteiger partial charge >= 0.3 is 0 Å². The lowest BCUT2D eigenvalue weighted by Crippen LogP contribution is -2.04. The van der Waals surface area contributed by atoms with Crippen LogP contribution in [-0.4, -0.2) is 9.97 Å². The highest BCUT2D eigenvalue weighted by atomic mass is 127. The molecule has 0 aliphatic carbocycles. The largest absolute Gasteiger partial charge is 0.383 e. The van der Waals surface area contributed by atoms with Crippen LogP contribution < -0.4 is 5.73 Å². The number of hydrogen-bond donors (Lipinski definition) is 1. The second kappa shape index (κ2) is 5.65. The smallest absolute Gasteiger partial charge is 0.161 e. The van der Waals surface area contributed by atoms with E-state index in [1.54, 1.807) is 0 Å². The maximum Gasteiger partial charge on any atom is 0.161 e. The van der Waals surface area contributed by atoms with Gasteiger partial charge in [-0.2, -0.15) is 0 Å². The summed E-state index contributed by atoms with van der Waals surface area (Å²) in [5.41, 5.74) is 9.27. The highest BCUT2D eigenvalue weighted by Gasteiger charge is 2.09. The molecule has 0 amide bonds. The molecule has 0 atom stereocenters. The number of nitrogen functional groups attached to an aromatic ring is 1. The highest BCUT2D eigenvalue weighted by molar-refractivity contribution is 14.1. The lowest BCUT2D eigenvalue weighted by Gasteiger charge is -2.08. The van der Waals surface area contributed by atoms with Crippen molar-refractivity contribution in [1.29, 1.82) is 0 Å². The lowest BCUT2D eigenvalue weighted by molar-refractivity contribution is 0.994. The van der Waals surface area contributed by atoms with Gasteiger partial charge in [-0.05, 0) is 41.0 Å². The van der Waals surface area contributed by atoms with E-state index in [1.165, 1.54) is 5.56 Å². The van der Waals surface area contributed by atoms with Gasteiger partial charge in [0.1, 0.15) is 5.82 Å². The molecule has 0 radical (unpaired) electrons. The first kappa shape index (κ1) is 13.3. The first-order valence-electron chi connectivity index (χ1n) is 6.06. The number of aromatic nitrogens is 2. The van der Waals surface area contributed by atoms with E-state index in [-0.39, 0.29) is 0 Å². The second-order valence-electron chi connectivity index (χ2n) is 4.10. The van der Waals surface area contributed by atoms with Crippen molar-refractivity contribution in [1.82, 2.24) is 9.97 Å². The number of hydrogen-bond acceptors (Lipinski definition) is 3. The van der Waals surface area contributed by atoms with E-state index >= 15 is 0 Å². The van der Waals surface area contributed by atoms with Crippen molar-refractivity contribution in [2.45, 2.75) is 26.7 Å². The quantitative estimate of drug-likeness (QED) is 0.860. The standard InChI is InChI=1S/C14H16IN3/c1-3-9-5-7-10(8-6-9)14-17-11(4-2)12(15)13(16)18-14/h5-8H,3-4H2,1-2H3,(H2,16,17,18). The van der Waals surface area contributed by atoms with Crippen molar-refractivity contribution in [3.8, 4) is 11.4 Å². The van der Waals surface area contributed by atoms with Gasteiger partial charge in [0.05, 0.1) is 9.26 Å². The summed E-state index contributed by atoms with van der Waals surface area (Å²) in [6.07, 6.45) is 1.90. The molecule has 2 N–H and O–H groups in total. The molecule has 3 nitrogen and oxygen atoms in total. The summed E-state index contributed by atoms with van der Waals surface area (Å²) in [6.45, 7) is 4.22. The first-order valence-corrected chi connectivity index (χ1v) is 7.14. The molecule has 0 unspecified atom stereocenters. The van der Waals surface area contributed by atoms with Crippen LogP contribution in [0.4, 0.5) is 5.82 Å². The third-order valence-electron chi connectivity index (χ3n) is 2.90. The number of halogens is 1. The van der Waals surface area contributed by atoms with E-state index in [9.17, 15) is 0 Å². The van der Waals surface area contributed by atoms with E-state index in [4.69, 9.17) is 5.73 Å². The average Bonchev–Trinajstić information content (AvgIpc) is 2.42. The summed E-state index contributed by atoms with van der Waals surface area (Å²) < 4.78 is 0.962. The van der Waals surface area contributed by atoms with Gasteiger partial charge in [0, 0.05) is 5.56 Å².